The van der Waals surface area contributed by atoms with Crippen molar-refractivity contribution in [2.75, 3.05) is 0 Å². The summed E-state index contributed by atoms with van der Waals surface area (Å²) in [6.07, 6.45) is -4.55. The molecule has 0 unspecified atom stereocenters. The average Bonchev–Trinajstić information content (AvgIpc) is 2.72. The van der Waals surface area contributed by atoms with Gasteiger partial charge in [0.2, 0.25) is 5.75 Å². The maximum atomic E-state index is 14.0. The first kappa shape index (κ1) is 22.9. The Hall–Kier alpha value is -3.73. The van der Waals surface area contributed by atoms with Gasteiger partial charge in [0.05, 0.1) is 17.1 Å². The van der Waals surface area contributed by atoms with Crippen LogP contribution in [0.4, 0.5) is 27.6 Å². The van der Waals surface area contributed by atoms with Gasteiger partial charge in [-0.2, -0.15) is 13.2 Å². The maximum absolute atomic E-state index is 14.0. The monoisotopic (exact) mass is 455 g/mol. The van der Waals surface area contributed by atoms with Crippen LogP contribution in [0.5, 0.6) is 17.2 Å². The number of benzene rings is 3. The molecule has 6 nitrogen and oxygen atoms in total. The van der Waals surface area contributed by atoms with Gasteiger partial charge >= 0.3 is 11.9 Å². The molecular weight excluding hydrogens is 441 g/mol. The summed E-state index contributed by atoms with van der Waals surface area (Å²) in [5.41, 5.74) is -1.14. The first-order chi connectivity index (χ1) is 15.1. The van der Waals surface area contributed by atoms with Crippen molar-refractivity contribution in [3.63, 3.8) is 0 Å². The lowest BCUT2D eigenvalue weighted by atomic mass is 10.2. The smallest absolute Gasteiger partial charge is 0.416 e. The normalized spacial score (nSPS) is 11.3. The number of halogens is 5. The Labute approximate surface area is 177 Å². The molecule has 168 valence electrons. The van der Waals surface area contributed by atoms with Gasteiger partial charge < -0.3 is 14.6 Å². The lowest BCUT2D eigenvalue weighted by Crippen LogP contribution is -2.04. The highest BCUT2D eigenvalue weighted by Gasteiger charge is 2.30. The molecule has 0 spiro atoms. The van der Waals surface area contributed by atoms with E-state index < -0.39 is 52.9 Å². The Morgan fingerprint density at radius 1 is 0.938 bits per heavy atom. The number of nitrogens with zero attached hydrogens (tertiary/aromatic N) is 1. The fourth-order valence-electron chi connectivity index (χ4n) is 2.72. The number of ether oxygens (including phenoxy) is 2. The van der Waals surface area contributed by atoms with Crippen molar-refractivity contribution in [3.8, 4) is 17.2 Å². The summed E-state index contributed by atoms with van der Waals surface area (Å²) in [5.74, 6) is -3.18. The molecule has 0 saturated carbocycles. The van der Waals surface area contributed by atoms with E-state index in [0.29, 0.717) is 0 Å². The predicted molar refractivity (Wildman–Crippen MR) is 101 cm³/mol. The van der Waals surface area contributed by atoms with Crippen LogP contribution in [-0.4, -0.2) is 10.0 Å². The van der Waals surface area contributed by atoms with Gasteiger partial charge in [-0.05, 0) is 59.7 Å². The van der Waals surface area contributed by atoms with Gasteiger partial charge in [-0.3, -0.25) is 10.1 Å². The molecule has 3 rings (SSSR count). The van der Waals surface area contributed by atoms with Gasteiger partial charge in [0, 0.05) is 6.07 Å². The zero-order valence-electron chi connectivity index (χ0n) is 16.0. The summed E-state index contributed by atoms with van der Waals surface area (Å²) in [5, 5.41) is 20.2. The van der Waals surface area contributed by atoms with Crippen LogP contribution < -0.4 is 9.47 Å². The Morgan fingerprint density at radius 3 is 2.09 bits per heavy atom. The quantitative estimate of drug-likeness (QED) is 0.279. The highest BCUT2D eigenvalue weighted by atomic mass is 19.4. The molecule has 3 aromatic rings. The van der Waals surface area contributed by atoms with E-state index in [0.717, 1.165) is 42.5 Å². The lowest BCUT2D eigenvalue weighted by Gasteiger charge is -2.12. The van der Waals surface area contributed by atoms with Crippen LogP contribution in [0.3, 0.4) is 0 Å². The zero-order chi connectivity index (χ0) is 23.5. The van der Waals surface area contributed by atoms with E-state index in [9.17, 15) is 32.1 Å². The minimum absolute atomic E-state index is 0.00918. The first-order valence-corrected chi connectivity index (χ1v) is 8.92. The summed E-state index contributed by atoms with van der Waals surface area (Å²) < 4.78 is 76.5. The number of hydrogen-bond donors (Lipinski definition) is 1. The third-order valence-electron chi connectivity index (χ3n) is 4.25. The number of hydrogen-bond acceptors (Lipinski definition) is 5. The van der Waals surface area contributed by atoms with Crippen molar-refractivity contribution in [1.29, 1.82) is 0 Å². The van der Waals surface area contributed by atoms with E-state index >= 15 is 0 Å². The number of nitro benzene ring substituents is 1. The van der Waals surface area contributed by atoms with Crippen molar-refractivity contribution >= 4 is 5.69 Å². The van der Waals surface area contributed by atoms with Crippen LogP contribution in [0.25, 0.3) is 0 Å². The number of aliphatic hydroxyl groups is 1. The molecule has 0 bridgehead atoms. The predicted octanol–water partition coefficient (Wildman–Crippen LogP) is 5.76. The van der Waals surface area contributed by atoms with Gasteiger partial charge in [-0.25, -0.2) is 8.78 Å². The molecule has 0 aromatic heterocycles. The fraction of sp³-hybridized carbons (Fsp3) is 0.143. The molecule has 0 fully saturated rings. The summed E-state index contributed by atoms with van der Waals surface area (Å²) in [4.78, 5) is 10.5. The summed E-state index contributed by atoms with van der Waals surface area (Å²) in [6, 6.07) is 8.83. The average molecular weight is 455 g/mol. The highest BCUT2D eigenvalue weighted by Crippen LogP contribution is 2.35. The van der Waals surface area contributed by atoms with Gasteiger partial charge in [0.15, 0.2) is 17.4 Å². The molecule has 32 heavy (non-hydrogen) atoms. The second-order valence-corrected chi connectivity index (χ2v) is 6.52. The van der Waals surface area contributed by atoms with Crippen LogP contribution in [0.1, 0.15) is 16.7 Å². The number of nitro groups is 1. The largest absolute Gasteiger partial charge is 0.483 e. The molecule has 0 aliphatic heterocycles. The molecule has 0 aliphatic rings. The molecular formula is C21H14F5NO5. The van der Waals surface area contributed by atoms with Gasteiger partial charge in [-0.1, -0.05) is 0 Å². The maximum Gasteiger partial charge on any atom is 0.416 e. The standard InChI is InChI=1S/C21H14F5NO5/c22-16-7-13(10-28)8-17(23)20(16)31-11-12-1-6-18(27(29)30)19(9-12)32-15-4-2-14(3-5-15)21(24,25)26/h1-9,28H,10-11H2. The van der Waals surface area contributed by atoms with E-state index in [4.69, 9.17) is 14.6 Å². The third-order valence-corrected chi connectivity index (χ3v) is 4.25. The molecule has 0 saturated heterocycles. The Bertz CT molecular complexity index is 1110. The minimum Gasteiger partial charge on any atom is -0.483 e. The molecule has 0 heterocycles. The van der Waals surface area contributed by atoms with E-state index in [1.807, 2.05) is 0 Å². The van der Waals surface area contributed by atoms with Crippen LogP contribution in [0, 0.1) is 21.7 Å². The Morgan fingerprint density at radius 2 is 1.56 bits per heavy atom. The van der Waals surface area contributed by atoms with Crippen LogP contribution in [0.15, 0.2) is 54.6 Å². The molecule has 0 aliphatic carbocycles. The SMILES string of the molecule is O=[N+]([O-])c1ccc(COc2c(F)cc(CO)cc2F)cc1Oc1ccc(C(F)(F)F)cc1. The second kappa shape index (κ2) is 9.18. The van der Waals surface area contributed by atoms with Crippen molar-refractivity contribution in [1.82, 2.24) is 0 Å². The topological polar surface area (TPSA) is 81.8 Å². The molecule has 0 atom stereocenters. The number of rotatable bonds is 7. The molecule has 3 aromatic carbocycles. The van der Waals surface area contributed by atoms with Crippen molar-refractivity contribution in [2.45, 2.75) is 19.4 Å². The van der Waals surface area contributed by atoms with E-state index in [1.54, 1.807) is 0 Å². The van der Waals surface area contributed by atoms with Crippen LogP contribution in [-0.2, 0) is 19.4 Å². The third kappa shape index (κ3) is 5.30. The van der Waals surface area contributed by atoms with Crippen LogP contribution in [0.2, 0.25) is 0 Å². The molecule has 1 N–H and O–H groups in total. The molecule has 0 radical (unpaired) electrons. The van der Waals surface area contributed by atoms with Crippen molar-refractivity contribution in [3.05, 3.63) is 93.0 Å². The second-order valence-electron chi connectivity index (χ2n) is 6.52. The van der Waals surface area contributed by atoms with Gasteiger partial charge in [0.1, 0.15) is 12.4 Å². The van der Waals surface area contributed by atoms with Crippen LogP contribution >= 0.6 is 0 Å². The Kier molecular flexibility index (Phi) is 6.58. The van der Waals surface area contributed by atoms with E-state index in [1.165, 1.54) is 12.1 Å². The summed E-state index contributed by atoms with van der Waals surface area (Å²) >= 11 is 0. The summed E-state index contributed by atoms with van der Waals surface area (Å²) in [6.45, 7) is -0.963. The van der Waals surface area contributed by atoms with E-state index in [-0.39, 0.29) is 22.6 Å². The number of aliphatic hydroxyl groups excluding tert-OH is 1. The zero-order valence-corrected chi connectivity index (χ0v) is 16.0. The summed E-state index contributed by atoms with van der Waals surface area (Å²) in [7, 11) is 0. The van der Waals surface area contributed by atoms with Crippen molar-refractivity contribution in [2.24, 2.45) is 0 Å². The molecule has 0 amide bonds. The van der Waals surface area contributed by atoms with Gasteiger partial charge in [-0.15, -0.1) is 0 Å². The Balaban J connectivity index is 1.83. The van der Waals surface area contributed by atoms with Gasteiger partial charge in [0.25, 0.3) is 0 Å². The number of alkyl halides is 3. The van der Waals surface area contributed by atoms with E-state index in [2.05, 4.69) is 0 Å². The highest BCUT2D eigenvalue weighted by molar-refractivity contribution is 5.50. The molecule has 11 heteroatoms. The minimum atomic E-state index is -4.55. The van der Waals surface area contributed by atoms with Crippen molar-refractivity contribution < 1.29 is 41.5 Å². The lowest BCUT2D eigenvalue weighted by molar-refractivity contribution is -0.385. The fourth-order valence-corrected chi connectivity index (χ4v) is 2.72. The first-order valence-electron chi connectivity index (χ1n) is 8.92.